The molecule has 0 unspecified atom stereocenters. The summed E-state index contributed by atoms with van der Waals surface area (Å²) in [5, 5.41) is 10.5. The Kier molecular flexibility index (Phi) is 7.57. The van der Waals surface area contributed by atoms with Gasteiger partial charge in [0.2, 0.25) is 0 Å². The molecule has 2 amide bonds. The number of nitrogens with one attached hydrogen (secondary N) is 1. The van der Waals surface area contributed by atoms with E-state index in [-0.39, 0.29) is 16.7 Å². The van der Waals surface area contributed by atoms with Crippen LogP contribution in [0.1, 0.15) is 12.5 Å². The number of carbonyl (C=O) groups is 3. The predicted molar refractivity (Wildman–Crippen MR) is 103 cm³/mol. The van der Waals surface area contributed by atoms with Crippen LogP contribution in [-0.4, -0.2) is 49.5 Å². The highest BCUT2D eigenvalue weighted by Gasteiger charge is 2.25. The van der Waals surface area contributed by atoms with E-state index in [4.69, 9.17) is 15.2 Å². The van der Waals surface area contributed by atoms with E-state index < -0.39 is 17.8 Å². The number of ether oxygens (including phenoxy) is 3. The fourth-order valence-corrected chi connectivity index (χ4v) is 2.67. The maximum absolute atomic E-state index is 11.7. The first-order chi connectivity index (χ1) is 13.4. The third-order valence-corrected chi connectivity index (χ3v) is 3.99. The van der Waals surface area contributed by atoms with Crippen molar-refractivity contribution in [3.05, 3.63) is 34.7 Å². The molecule has 0 radical (unpaired) electrons. The van der Waals surface area contributed by atoms with Crippen molar-refractivity contribution in [2.75, 3.05) is 20.3 Å². The number of amidine groups is 1. The first-order valence-corrected chi connectivity index (χ1v) is 8.82. The van der Waals surface area contributed by atoms with Gasteiger partial charge in [-0.15, -0.1) is 5.10 Å². The van der Waals surface area contributed by atoms with Crippen molar-refractivity contribution in [1.82, 2.24) is 5.32 Å². The van der Waals surface area contributed by atoms with Gasteiger partial charge in [0.15, 0.2) is 23.3 Å². The molecule has 3 N–H and O–H groups in total. The van der Waals surface area contributed by atoms with E-state index in [2.05, 4.69) is 20.3 Å². The minimum Gasteiger partial charge on any atom is -0.490 e. The van der Waals surface area contributed by atoms with Crippen LogP contribution in [0.5, 0.6) is 11.5 Å². The third-order valence-electron chi connectivity index (χ3n) is 3.09. The highest BCUT2D eigenvalue weighted by Crippen LogP contribution is 2.28. The zero-order valence-electron chi connectivity index (χ0n) is 15.1. The molecule has 28 heavy (non-hydrogen) atoms. The van der Waals surface area contributed by atoms with Crippen LogP contribution in [-0.2, 0) is 19.1 Å². The van der Waals surface area contributed by atoms with Crippen molar-refractivity contribution >= 4 is 40.9 Å². The second-order valence-corrected chi connectivity index (χ2v) is 6.16. The van der Waals surface area contributed by atoms with E-state index in [0.29, 0.717) is 23.7 Å². The zero-order chi connectivity index (χ0) is 20.5. The molecule has 0 saturated carbocycles. The number of benzene rings is 1. The average Bonchev–Trinajstić information content (AvgIpc) is 3.00. The monoisotopic (exact) mass is 406 g/mol. The number of hydrogen-bond donors (Lipinski definition) is 2. The van der Waals surface area contributed by atoms with Crippen LogP contribution < -0.4 is 20.5 Å². The van der Waals surface area contributed by atoms with Gasteiger partial charge >= 0.3 is 5.97 Å². The van der Waals surface area contributed by atoms with Crippen LogP contribution in [0, 0.1) is 0 Å². The van der Waals surface area contributed by atoms with Gasteiger partial charge in [0.25, 0.3) is 11.8 Å². The first-order valence-electron chi connectivity index (χ1n) is 8.00. The van der Waals surface area contributed by atoms with Gasteiger partial charge in [0, 0.05) is 6.08 Å². The Hall–Kier alpha value is -3.34. The number of nitrogens with zero attached hydrogens (tertiary/aromatic N) is 2. The molecular weight excluding hydrogens is 388 g/mol. The SMILES string of the molecule is CCOc1cc(C=N/N=C2/NC(=O)/C(=C\C(=O)OC)S2)ccc1OCC(N)=O. The summed E-state index contributed by atoms with van der Waals surface area (Å²) in [6.07, 6.45) is 2.52. The molecule has 1 fully saturated rings. The van der Waals surface area contributed by atoms with Crippen LogP contribution in [0.15, 0.2) is 39.4 Å². The highest BCUT2D eigenvalue weighted by atomic mass is 32.2. The maximum atomic E-state index is 11.7. The lowest BCUT2D eigenvalue weighted by Crippen LogP contribution is -2.20. The minimum absolute atomic E-state index is 0.162. The number of primary amides is 1. The van der Waals surface area contributed by atoms with Crippen molar-refractivity contribution in [3.63, 3.8) is 0 Å². The molecule has 0 atom stereocenters. The Labute approximate surface area is 164 Å². The van der Waals surface area contributed by atoms with Crippen LogP contribution in [0.25, 0.3) is 0 Å². The number of rotatable bonds is 8. The van der Waals surface area contributed by atoms with E-state index in [1.165, 1.54) is 13.3 Å². The fourth-order valence-electron chi connectivity index (χ4n) is 1.93. The molecular formula is C17H18N4O6S. The van der Waals surface area contributed by atoms with Crippen LogP contribution in [0.4, 0.5) is 0 Å². The Bertz CT molecular complexity index is 865. The lowest BCUT2D eigenvalue weighted by molar-refractivity contribution is -0.135. The van der Waals surface area contributed by atoms with Crippen LogP contribution in [0.3, 0.4) is 0 Å². The molecule has 1 aliphatic heterocycles. The minimum atomic E-state index is -0.635. The summed E-state index contributed by atoms with van der Waals surface area (Å²) >= 11 is 0.968. The number of hydrogen-bond acceptors (Lipinski definition) is 9. The van der Waals surface area contributed by atoms with Gasteiger partial charge < -0.3 is 19.9 Å². The van der Waals surface area contributed by atoms with Crippen molar-refractivity contribution in [2.24, 2.45) is 15.9 Å². The maximum Gasteiger partial charge on any atom is 0.331 e. The van der Waals surface area contributed by atoms with Crippen LogP contribution >= 0.6 is 11.8 Å². The molecule has 0 bridgehead atoms. The Morgan fingerprint density at radius 2 is 2.07 bits per heavy atom. The smallest absolute Gasteiger partial charge is 0.331 e. The molecule has 1 aromatic carbocycles. The fraction of sp³-hybridized carbons (Fsp3) is 0.235. The summed E-state index contributed by atoms with van der Waals surface area (Å²) in [5.74, 6) is -0.892. The summed E-state index contributed by atoms with van der Waals surface area (Å²) < 4.78 is 15.2. The number of nitrogens with two attached hydrogens (primary N) is 1. The van der Waals surface area contributed by atoms with E-state index in [1.54, 1.807) is 18.2 Å². The largest absolute Gasteiger partial charge is 0.490 e. The van der Waals surface area contributed by atoms with Gasteiger partial charge in [-0.3, -0.25) is 14.9 Å². The Morgan fingerprint density at radius 3 is 2.75 bits per heavy atom. The molecule has 0 aromatic heterocycles. The van der Waals surface area contributed by atoms with E-state index in [1.807, 2.05) is 6.92 Å². The number of esters is 1. The number of carbonyl (C=O) groups excluding carboxylic acids is 3. The van der Waals surface area contributed by atoms with Gasteiger partial charge in [0.1, 0.15) is 0 Å². The Balaban J connectivity index is 2.09. The van der Waals surface area contributed by atoms with Crippen molar-refractivity contribution in [2.45, 2.75) is 6.92 Å². The normalized spacial score (nSPS) is 16.4. The molecule has 0 aliphatic carbocycles. The molecule has 1 aliphatic rings. The van der Waals surface area contributed by atoms with E-state index in [9.17, 15) is 14.4 Å². The van der Waals surface area contributed by atoms with Gasteiger partial charge in [-0.25, -0.2) is 4.79 Å². The van der Waals surface area contributed by atoms with Gasteiger partial charge in [0.05, 0.1) is 24.8 Å². The van der Waals surface area contributed by atoms with Crippen molar-refractivity contribution in [3.8, 4) is 11.5 Å². The third kappa shape index (κ3) is 6.13. The molecule has 0 spiro atoms. The van der Waals surface area contributed by atoms with Crippen molar-refractivity contribution < 1.29 is 28.6 Å². The molecule has 1 aromatic rings. The van der Waals surface area contributed by atoms with Gasteiger partial charge in [-0.05, 0) is 42.4 Å². The topological polar surface area (TPSA) is 142 Å². The molecule has 11 heteroatoms. The summed E-state index contributed by atoms with van der Waals surface area (Å²) in [7, 11) is 1.22. The Morgan fingerprint density at radius 1 is 1.29 bits per heavy atom. The average molecular weight is 406 g/mol. The van der Waals surface area contributed by atoms with E-state index >= 15 is 0 Å². The standard InChI is InChI=1S/C17H18N4O6S/c1-3-26-12-6-10(4-5-11(12)27-9-14(18)22)8-19-21-17-20-16(24)13(28-17)7-15(23)25-2/h4-8H,3,9H2,1-2H3,(H2,18,22)(H,20,21,24)/b13-7+,19-8?. The quantitative estimate of drug-likeness (QED) is 0.278. The summed E-state index contributed by atoms with van der Waals surface area (Å²) in [6, 6.07) is 4.96. The number of amides is 2. The van der Waals surface area contributed by atoms with Crippen molar-refractivity contribution in [1.29, 1.82) is 0 Å². The van der Waals surface area contributed by atoms with Gasteiger partial charge in [-0.1, -0.05) is 0 Å². The molecule has 1 heterocycles. The molecule has 148 valence electrons. The van der Waals surface area contributed by atoms with E-state index in [0.717, 1.165) is 17.8 Å². The number of methoxy groups -OCH3 is 1. The predicted octanol–water partition coefficient (Wildman–Crippen LogP) is 0.559. The lowest BCUT2D eigenvalue weighted by atomic mass is 10.2. The van der Waals surface area contributed by atoms with Crippen LogP contribution in [0.2, 0.25) is 0 Å². The zero-order valence-corrected chi connectivity index (χ0v) is 15.9. The lowest BCUT2D eigenvalue weighted by Gasteiger charge is -2.11. The first kappa shape index (κ1) is 21.0. The molecule has 1 saturated heterocycles. The van der Waals surface area contributed by atoms with Gasteiger partial charge in [-0.2, -0.15) is 5.10 Å². The summed E-state index contributed by atoms with van der Waals surface area (Å²) in [6.45, 7) is 1.94. The summed E-state index contributed by atoms with van der Waals surface area (Å²) in [4.78, 5) is 34.0. The highest BCUT2D eigenvalue weighted by molar-refractivity contribution is 8.18. The summed E-state index contributed by atoms with van der Waals surface area (Å²) in [5.41, 5.74) is 5.72. The second-order valence-electron chi connectivity index (χ2n) is 5.13. The second kappa shape index (κ2) is 10.1. The molecule has 10 nitrogen and oxygen atoms in total. The number of thioether (sulfide) groups is 1. The molecule has 2 rings (SSSR count).